The Morgan fingerprint density at radius 2 is 1.76 bits per heavy atom. The van der Waals surface area contributed by atoms with Crippen molar-refractivity contribution in [3.8, 4) is 0 Å². The van der Waals surface area contributed by atoms with Crippen molar-refractivity contribution in [3.05, 3.63) is 35.4 Å². The fraction of sp³-hybridized carbons (Fsp3) is 0.462. The van der Waals surface area contributed by atoms with E-state index in [0.717, 1.165) is 5.56 Å². The zero-order valence-corrected chi connectivity index (χ0v) is 10.1. The number of hydrogen-bond acceptors (Lipinski definition) is 3. The highest BCUT2D eigenvalue weighted by Crippen LogP contribution is 2.07. The van der Waals surface area contributed by atoms with Crippen LogP contribution < -0.4 is 0 Å². The summed E-state index contributed by atoms with van der Waals surface area (Å²) in [5, 5.41) is 17.7. The summed E-state index contributed by atoms with van der Waals surface area (Å²) in [6.45, 7) is 2.70. The topological polar surface area (TPSA) is 60.8 Å². The van der Waals surface area contributed by atoms with Crippen molar-refractivity contribution in [1.29, 1.82) is 0 Å². The highest BCUT2D eigenvalue weighted by Gasteiger charge is 2.14. The van der Waals surface area contributed by atoms with Crippen LogP contribution in [0.2, 0.25) is 0 Å². The van der Waals surface area contributed by atoms with Gasteiger partial charge in [-0.15, -0.1) is 0 Å². The van der Waals surface area contributed by atoms with Crippen molar-refractivity contribution in [1.82, 2.24) is 4.90 Å². The Bertz CT molecular complexity index is 348. The average molecular weight is 237 g/mol. The van der Waals surface area contributed by atoms with Crippen molar-refractivity contribution in [2.45, 2.75) is 13.3 Å². The van der Waals surface area contributed by atoms with Crippen LogP contribution in [0.25, 0.3) is 0 Å². The van der Waals surface area contributed by atoms with Gasteiger partial charge in [0.1, 0.15) is 0 Å². The van der Waals surface area contributed by atoms with Gasteiger partial charge in [-0.05, 0) is 25.5 Å². The summed E-state index contributed by atoms with van der Waals surface area (Å²) >= 11 is 0. The fourth-order valence-corrected chi connectivity index (χ4v) is 1.58. The molecule has 1 rings (SSSR count). The molecule has 0 aliphatic heterocycles. The van der Waals surface area contributed by atoms with E-state index in [4.69, 9.17) is 10.2 Å². The van der Waals surface area contributed by atoms with E-state index in [1.165, 1.54) is 0 Å². The molecule has 0 radical (unpaired) electrons. The van der Waals surface area contributed by atoms with Crippen LogP contribution in [0.15, 0.2) is 24.3 Å². The van der Waals surface area contributed by atoms with Gasteiger partial charge in [0, 0.05) is 25.3 Å². The Labute approximate surface area is 101 Å². The van der Waals surface area contributed by atoms with Crippen molar-refractivity contribution in [3.63, 3.8) is 0 Å². The number of aliphatic hydroxyl groups excluding tert-OH is 2. The van der Waals surface area contributed by atoms with Gasteiger partial charge in [-0.1, -0.05) is 17.7 Å². The third kappa shape index (κ3) is 4.17. The molecule has 0 unspecified atom stereocenters. The summed E-state index contributed by atoms with van der Waals surface area (Å²) in [7, 11) is 0. The second-order valence-electron chi connectivity index (χ2n) is 3.96. The molecule has 0 aliphatic rings. The standard InChI is InChI=1S/C13H19NO3/c1-11-3-5-12(6-4-11)13(17)14(8-10-16)7-2-9-15/h3-6,15-16H,2,7-10H2,1H3. The number of rotatable bonds is 6. The number of amides is 1. The average Bonchev–Trinajstić information content (AvgIpc) is 2.34. The lowest BCUT2D eigenvalue weighted by Gasteiger charge is -2.21. The van der Waals surface area contributed by atoms with Crippen LogP contribution >= 0.6 is 0 Å². The molecule has 0 fully saturated rings. The minimum absolute atomic E-state index is 0.0447. The minimum atomic E-state index is -0.104. The summed E-state index contributed by atoms with van der Waals surface area (Å²) in [4.78, 5) is 13.6. The highest BCUT2D eigenvalue weighted by molar-refractivity contribution is 5.94. The predicted octanol–water partition coefficient (Wildman–Crippen LogP) is 0.812. The molecule has 0 atom stereocenters. The molecule has 4 heteroatoms. The van der Waals surface area contributed by atoms with Crippen molar-refractivity contribution >= 4 is 5.91 Å². The highest BCUT2D eigenvalue weighted by atomic mass is 16.3. The molecule has 1 aromatic rings. The van der Waals surface area contributed by atoms with Crippen LogP contribution in [0.1, 0.15) is 22.3 Å². The predicted molar refractivity (Wildman–Crippen MR) is 65.9 cm³/mol. The van der Waals surface area contributed by atoms with Crippen LogP contribution in [0.5, 0.6) is 0 Å². The Hall–Kier alpha value is -1.39. The Kier molecular flexibility index (Phi) is 5.66. The van der Waals surface area contributed by atoms with Crippen LogP contribution in [-0.4, -0.2) is 47.3 Å². The second kappa shape index (κ2) is 7.04. The van der Waals surface area contributed by atoms with Gasteiger partial charge in [-0.25, -0.2) is 0 Å². The molecule has 0 aromatic heterocycles. The molecule has 94 valence electrons. The third-order valence-electron chi connectivity index (χ3n) is 2.54. The SMILES string of the molecule is Cc1ccc(C(=O)N(CCO)CCCO)cc1. The molecule has 1 aromatic carbocycles. The molecule has 0 saturated heterocycles. The summed E-state index contributed by atoms with van der Waals surface area (Å²) in [5.74, 6) is -0.104. The van der Waals surface area contributed by atoms with Gasteiger partial charge >= 0.3 is 0 Å². The molecular formula is C13H19NO3. The summed E-state index contributed by atoms with van der Waals surface area (Å²) in [5.41, 5.74) is 1.72. The Balaban J connectivity index is 2.72. The van der Waals surface area contributed by atoms with Gasteiger partial charge in [-0.3, -0.25) is 4.79 Å². The second-order valence-corrected chi connectivity index (χ2v) is 3.96. The van der Waals surface area contributed by atoms with Crippen molar-refractivity contribution < 1.29 is 15.0 Å². The fourth-order valence-electron chi connectivity index (χ4n) is 1.58. The Morgan fingerprint density at radius 3 is 2.29 bits per heavy atom. The van der Waals surface area contributed by atoms with Crippen LogP contribution in [-0.2, 0) is 0 Å². The number of carbonyl (C=O) groups is 1. The van der Waals surface area contributed by atoms with E-state index in [9.17, 15) is 4.79 Å². The third-order valence-corrected chi connectivity index (χ3v) is 2.54. The largest absolute Gasteiger partial charge is 0.396 e. The molecule has 0 aliphatic carbocycles. The number of aliphatic hydroxyl groups is 2. The van der Waals surface area contributed by atoms with Gasteiger partial charge in [0.15, 0.2) is 0 Å². The van der Waals surface area contributed by atoms with E-state index in [1.54, 1.807) is 17.0 Å². The van der Waals surface area contributed by atoms with E-state index in [2.05, 4.69) is 0 Å². The van der Waals surface area contributed by atoms with E-state index in [-0.39, 0.29) is 19.1 Å². The van der Waals surface area contributed by atoms with Crippen LogP contribution in [0.3, 0.4) is 0 Å². The van der Waals surface area contributed by atoms with Crippen molar-refractivity contribution in [2.24, 2.45) is 0 Å². The lowest BCUT2D eigenvalue weighted by atomic mass is 10.1. The van der Waals surface area contributed by atoms with Crippen LogP contribution in [0, 0.1) is 6.92 Å². The first-order valence-electron chi connectivity index (χ1n) is 5.76. The monoisotopic (exact) mass is 237 g/mol. The quantitative estimate of drug-likeness (QED) is 0.769. The smallest absolute Gasteiger partial charge is 0.253 e. The number of aryl methyl sites for hydroxylation is 1. The molecule has 17 heavy (non-hydrogen) atoms. The van der Waals surface area contributed by atoms with E-state index in [0.29, 0.717) is 25.1 Å². The number of hydrogen-bond donors (Lipinski definition) is 2. The van der Waals surface area contributed by atoms with Gasteiger partial charge in [0.25, 0.3) is 5.91 Å². The molecule has 0 saturated carbocycles. The molecular weight excluding hydrogens is 218 g/mol. The molecule has 0 heterocycles. The number of carbonyl (C=O) groups excluding carboxylic acids is 1. The first kappa shape index (κ1) is 13.7. The maximum absolute atomic E-state index is 12.1. The maximum Gasteiger partial charge on any atom is 0.253 e. The van der Waals surface area contributed by atoms with E-state index >= 15 is 0 Å². The van der Waals surface area contributed by atoms with Crippen molar-refractivity contribution in [2.75, 3.05) is 26.3 Å². The summed E-state index contributed by atoms with van der Waals surface area (Å²) in [6.07, 6.45) is 0.525. The molecule has 4 nitrogen and oxygen atoms in total. The van der Waals surface area contributed by atoms with E-state index < -0.39 is 0 Å². The lowest BCUT2D eigenvalue weighted by molar-refractivity contribution is 0.0710. The van der Waals surface area contributed by atoms with Gasteiger partial charge in [0.05, 0.1) is 6.61 Å². The molecule has 0 bridgehead atoms. The zero-order chi connectivity index (χ0) is 12.7. The zero-order valence-electron chi connectivity index (χ0n) is 10.1. The minimum Gasteiger partial charge on any atom is -0.396 e. The Morgan fingerprint density at radius 1 is 1.12 bits per heavy atom. The van der Waals surface area contributed by atoms with Gasteiger partial charge in [0.2, 0.25) is 0 Å². The summed E-state index contributed by atoms with van der Waals surface area (Å²) < 4.78 is 0. The number of nitrogens with zero attached hydrogens (tertiary/aromatic N) is 1. The van der Waals surface area contributed by atoms with Gasteiger partial charge < -0.3 is 15.1 Å². The normalized spacial score (nSPS) is 10.3. The molecule has 1 amide bonds. The summed E-state index contributed by atoms with van der Waals surface area (Å²) in [6, 6.07) is 7.33. The van der Waals surface area contributed by atoms with Gasteiger partial charge in [-0.2, -0.15) is 0 Å². The maximum atomic E-state index is 12.1. The first-order valence-corrected chi connectivity index (χ1v) is 5.76. The molecule has 2 N–H and O–H groups in total. The lowest BCUT2D eigenvalue weighted by Crippen LogP contribution is -2.34. The van der Waals surface area contributed by atoms with E-state index in [1.807, 2.05) is 19.1 Å². The van der Waals surface area contributed by atoms with Crippen LogP contribution in [0.4, 0.5) is 0 Å². The molecule has 0 spiro atoms. The first-order chi connectivity index (χ1) is 8.19. The number of benzene rings is 1.